The molecule has 29 heavy (non-hydrogen) atoms. The molecule has 1 heterocycles. The zero-order valence-electron chi connectivity index (χ0n) is 16.6. The third kappa shape index (κ3) is 4.26. The summed E-state index contributed by atoms with van der Waals surface area (Å²) in [5.41, 5.74) is 0. The van der Waals surface area contributed by atoms with E-state index in [9.17, 15) is 0 Å². The van der Waals surface area contributed by atoms with Crippen LogP contribution in [-0.2, 0) is 13.9 Å². The molecule has 0 N–H and O–H groups in total. The fourth-order valence-corrected chi connectivity index (χ4v) is 7.78. The zero-order chi connectivity index (χ0) is 19.9. The summed E-state index contributed by atoms with van der Waals surface area (Å²) in [6.45, 7) is 0.509. The molecule has 1 aliphatic heterocycles. The van der Waals surface area contributed by atoms with Gasteiger partial charge < -0.3 is 13.9 Å². The van der Waals surface area contributed by atoms with Crippen molar-refractivity contribution in [3.8, 4) is 0 Å². The third-order valence-corrected chi connectivity index (χ3v) is 9.32. The number of hydrogen-bond donors (Lipinski definition) is 0. The molecule has 3 aromatic rings. The molecule has 4 heteroatoms. The number of ether oxygens (including phenoxy) is 2. The van der Waals surface area contributed by atoms with E-state index in [4.69, 9.17) is 13.9 Å². The highest BCUT2D eigenvalue weighted by Crippen LogP contribution is 2.16. The number of benzene rings is 3. The molecule has 0 aromatic heterocycles. The van der Waals surface area contributed by atoms with Gasteiger partial charge in [-0.3, -0.25) is 0 Å². The Hall–Kier alpha value is -2.50. The van der Waals surface area contributed by atoms with E-state index in [1.165, 1.54) is 15.6 Å². The molecular weight excluding hydrogens is 376 g/mol. The lowest BCUT2D eigenvalue weighted by Gasteiger charge is -2.35. The normalized spacial score (nSPS) is 19.2. The first-order valence-corrected chi connectivity index (χ1v) is 11.9. The first-order chi connectivity index (χ1) is 14.3. The first-order valence-electron chi connectivity index (χ1n) is 9.98. The molecule has 0 bridgehead atoms. The molecule has 1 aliphatic rings. The molecule has 3 nitrogen and oxygen atoms in total. The van der Waals surface area contributed by atoms with Crippen molar-refractivity contribution >= 4 is 23.9 Å². The van der Waals surface area contributed by atoms with E-state index in [0.717, 1.165) is 6.42 Å². The predicted molar refractivity (Wildman–Crippen MR) is 119 cm³/mol. The van der Waals surface area contributed by atoms with Gasteiger partial charge in [-0.05, 0) is 28.1 Å². The second-order valence-electron chi connectivity index (χ2n) is 7.12. The van der Waals surface area contributed by atoms with Gasteiger partial charge in [-0.15, -0.1) is 0 Å². The summed E-state index contributed by atoms with van der Waals surface area (Å²) in [6.07, 6.45) is 4.55. The van der Waals surface area contributed by atoms with E-state index < -0.39 is 8.32 Å². The van der Waals surface area contributed by atoms with E-state index in [-0.39, 0.29) is 12.4 Å². The van der Waals surface area contributed by atoms with Crippen molar-refractivity contribution in [2.24, 2.45) is 0 Å². The summed E-state index contributed by atoms with van der Waals surface area (Å²) >= 11 is 0. The Balaban J connectivity index is 1.77. The van der Waals surface area contributed by atoms with Crippen molar-refractivity contribution in [3.63, 3.8) is 0 Å². The van der Waals surface area contributed by atoms with Crippen LogP contribution in [0.2, 0.25) is 0 Å². The monoisotopic (exact) mass is 402 g/mol. The molecule has 0 radical (unpaired) electrons. The maximum Gasteiger partial charge on any atom is 0.288 e. The van der Waals surface area contributed by atoms with Crippen LogP contribution in [0.4, 0.5) is 0 Å². The van der Waals surface area contributed by atoms with Crippen molar-refractivity contribution in [2.45, 2.75) is 18.8 Å². The van der Waals surface area contributed by atoms with Gasteiger partial charge in [0.1, 0.15) is 0 Å². The van der Waals surface area contributed by atoms with Crippen molar-refractivity contribution in [2.75, 3.05) is 13.7 Å². The quantitative estimate of drug-likeness (QED) is 0.345. The molecule has 0 fully saturated rings. The molecule has 2 atom stereocenters. The van der Waals surface area contributed by atoms with Crippen molar-refractivity contribution in [1.82, 2.24) is 0 Å². The minimum Gasteiger partial charge on any atom is -0.402 e. The lowest BCUT2D eigenvalue weighted by Crippen LogP contribution is -2.69. The summed E-state index contributed by atoms with van der Waals surface area (Å²) in [7, 11) is -1.02. The van der Waals surface area contributed by atoms with Crippen LogP contribution in [0.1, 0.15) is 6.42 Å². The Morgan fingerprint density at radius 2 is 1.28 bits per heavy atom. The van der Waals surface area contributed by atoms with E-state index in [1.54, 1.807) is 7.11 Å². The molecule has 0 saturated heterocycles. The minimum absolute atomic E-state index is 0.0343. The van der Waals surface area contributed by atoms with Gasteiger partial charge in [0.2, 0.25) is 0 Å². The summed E-state index contributed by atoms with van der Waals surface area (Å²) in [5.74, 6) is 0. The van der Waals surface area contributed by atoms with Crippen LogP contribution in [0.3, 0.4) is 0 Å². The van der Waals surface area contributed by atoms with Crippen molar-refractivity contribution in [1.29, 1.82) is 0 Å². The second-order valence-corrected chi connectivity index (χ2v) is 10.5. The molecule has 0 unspecified atom stereocenters. The molecule has 0 spiro atoms. The Bertz CT molecular complexity index is 816. The first kappa shape index (κ1) is 19.8. The highest BCUT2D eigenvalue weighted by atomic mass is 28.4. The molecule has 0 amide bonds. The largest absolute Gasteiger partial charge is 0.402 e. The third-order valence-electron chi connectivity index (χ3n) is 5.28. The van der Waals surface area contributed by atoms with Gasteiger partial charge in [0.25, 0.3) is 8.32 Å². The summed E-state index contributed by atoms with van der Waals surface area (Å²) in [4.78, 5) is 0. The lowest BCUT2D eigenvalue weighted by atomic mass is 10.2. The smallest absolute Gasteiger partial charge is 0.288 e. The fraction of sp³-hybridized carbons (Fsp3) is 0.200. The van der Waals surface area contributed by atoms with Crippen LogP contribution in [0, 0.1) is 0 Å². The number of methoxy groups -OCH3 is 1. The van der Waals surface area contributed by atoms with Crippen LogP contribution in [0.25, 0.3) is 0 Å². The van der Waals surface area contributed by atoms with Gasteiger partial charge in [-0.25, -0.2) is 0 Å². The Morgan fingerprint density at radius 3 is 1.72 bits per heavy atom. The topological polar surface area (TPSA) is 27.7 Å². The summed E-state index contributed by atoms with van der Waals surface area (Å²) in [6, 6.07) is 31.8. The lowest BCUT2D eigenvalue weighted by molar-refractivity contribution is -0.140. The van der Waals surface area contributed by atoms with Gasteiger partial charge in [-0.1, -0.05) is 97.1 Å². The second kappa shape index (κ2) is 9.33. The van der Waals surface area contributed by atoms with E-state index in [0.29, 0.717) is 6.61 Å². The van der Waals surface area contributed by atoms with Crippen LogP contribution in [-0.4, -0.2) is 34.4 Å². The molecule has 3 aromatic carbocycles. The fourth-order valence-electron chi connectivity index (χ4n) is 3.86. The highest BCUT2D eigenvalue weighted by molar-refractivity contribution is 7.07. The van der Waals surface area contributed by atoms with Crippen LogP contribution in [0.15, 0.2) is 103 Å². The SMILES string of the molecule is CO[C@H]1C=CC[C@H](CO[Si](c2ccccc2)(c2ccccc2)c2ccccc2)O1. The Morgan fingerprint density at radius 1 is 0.793 bits per heavy atom. The van der Waals surface area contributed by atoms with E-state index in [2.05, 4.69) is 97.1 Å². The van der Waals surface area contributed by atoms with Gasteiger partial charge >= 0.3 is 0 Å². The average Bonchev–Trinajstić information content (AvgIpc) is 2.82. The van der Waals surface area contributed by atoms with Crippen LogP contribution in [0.5, 0.6) is 0 Å². The van der Waals surface area contributed by atoms with E-state index >= 15 is 0 Å². The van der Waals surface area contributed by atoms with Crippen molar-refractivity contribution in [3.05, 3.63) is 103 Å². The van der Waals surface area contributed by atoms with Crippen LogP contribution < -0.4 is 15.6 Å². The van der Waals surface area contributed by atoms with Gasteiger partial charge in [0.15, 0.2) is 6.29 Å². The minimum atomic E-state index is -2.68. The standard InChI is InChI=1S/C25H26O3Si/c1-26-25-19-11-12-21(28-25)20-27-29(22-13-5-2-6-14-22,23-15-7-3-8-16-23)24-17-9-4-10-18-24/h2-11,13-19,21,25H,12,20H2,1H3/t21-,25-/m1/s1. The molecular formula is C25H26O3Si. The molecule has 0 aliphatic carbocycles. The van der Waals surface area contributed by atoms with Crippen LogP contribution >= 0.6 is 0 Å². The van der Waals surface area contributed by atoms with E-state index in [1.807, 2.05) is 6.08 Å². The maximum atomic E-state index is 6.94. The highest BCUT2D eigenvalue weighted by Gasteiger charge is 2.42. The number of rotatable bonds is 7. The Labute approximate surface area is 173 Å². The van der Waals surface area contributed by atoms with Crippen molar-refractivity contribution < 1.29 is 13.9 Å². The van der Waals surface area contributed by atoms with Gasteiger partial charge in [0, 0.05) is 7.11 Å². The predicted octanol–water partition coefficient (Wildman–Crippen LogP) is 2.99. The maximum absolute atomic E-state index is 6.94. The van der Waals surface area contributed by atoms with Gasteiger partial charge in [0.05, 0.1) is 12.7 Å². The molecule has 148 valence electrons. The summed E-state index contributed by atoms with van der Waals surface area (Å²) < 4.78 is 18.3. The molecule has 4 rings (SSSR count). The summed E-state index contributed by atoms with van der Waals surface area (Å²) in [5, 5.41) is 3.69. The zero-order valence-corrected chi connectivity index (χ0v) is 17.6. The number of hydrogen-bond acceptors (Lipinski definition) is 3. The van der Waals surface area contributed by atoms with Gasteiger partial charge in [-0.2, -0.15) is 0 Å². The average molecular weight is 403 g/mol. The molecule has 0 saturated carbocycles. The Kier molecular flexibility index (Phi) is 6.37.